The van der Waals surface area contributed by atoms with Crippen molar-refractivity contribution in [2.45, 2.75) is 52.6 Å². The van der Waals surface area contributed by atoms with E-state index in [1.807, 2.05) is 31.2 Å². The van der Waals surface area contributed by atoms with Gasteiger partial charge in [-0.15, -0.1) is 0 Å². The monoisotopic (exact) mass is 450 g/mol. The summed E-state index contributed by atoms with van der Waals surface area (Å²) < 4.78 is 5.33. The largest absolute Gasteiger partial charge is 0.454 e. The Balaban J connectivity index is 1.56. The van der Waals surface area contributed by atoms with Crippen molar-refractivity contribution in [1.82, 2.24) is 10.4 Å². The first kappa shape index (κ1) is 24.2. The van der Waals surface area contributed by atoms with Crippen molar-refractivity contribution in [3.05, 3.63) is 70.8 Å². The minimum absolute atomic E-state index is 0.00504. The molecule has 1 saturated heterocycles. The lowest BCUT2D eigenvalue weighted by molar-refractivity contribution is -0.151. The lowest BCUT2D eigenvalue weighted by atomic mass is 9.87. The Morgan fingerprint density at radius 2 is 1.58 bits per heavy atom. The average molecular weight is 451 g/mol. The predicted molar refractivity (Wildman–Crippen MR) is 123 cm³/mol. The van der Waals surface area contributed by atoms with E-state index in [0.29, 0.717) is 11.1 Å². The molecule has 33 heavy (non-hydrogen) atoms. The van der Waals surface area contributed by atoms with Crippen LogP contribution < -0.4 is 5.43 Å². The Labute approximate surface area is 194 Å². The van der Waals surface area contributed by atoms with E-state index in [1.165, 1.54) is 6.92 Å². The fraction of sp³-hybridized carbons (Fsp3) is 0.385. The number of Topliss-reactive ketones (excluding diaryl/α,β-unsaturated/α-hetero) is 1. The van der Waals surface area contributed by atoms with E-state index in [1.54, 1.807) is 24.3 Å². The molecule has 2 aromatic rings. The molecule has 1 aliphatic rings. The highest BCUT2D eigenvalue weighted by Crippen LogP contribution is 2.23. The second kappa shape index (κ2) is 9.57. The molecule has 0 spiro atoms. The molecule has 0 unspecified atom stereocenters. The van der Waals surface area contributed by atoms with Crippen molar-refractivity contribution in [3.8, 4) is 0 Å². The number of amides is 2. The molecular formula is C26H30N2O5. The highest BCUT2D eigenvalue weighted by Gasteiger charge is 2.37. The van der Waals surface area contributed by atoms with Gasteiger partial charge in [-0.1, -0.05) is 62.7 Å². The van der Waals surface area contributed by atoms with E-state index in [9.17, 15) is 19.2 Å². The summed E-state index contributed by atoms with van der Waals surface area (Å²) in [6, 6.07) is 14.2. The number of hydrazine groups is 1. The number of esters is 1. The summed E-state index contributed by atoms with van der Waals surface area (Å²) in [7, 11) is 0. The standard InChI is InChI=1S/C26H30N2O5/c1-16-6-8-18(9-7-16)23(30)17(2)33-25(32)20-14-22(29)28(15-20)27-24(31)19-10-12-21(13-11-19)26(3,4)5/h6-13,17,20H,14-15H2,1-5H3,(H,27,31)/t17-,20-/m0/s1. The number of ketones is 1. The minimum atomic E-state index is -0.972. The van der Waals surface area contributed by atoms with Gasteiger partial charge in [-0.2, -0.15) is 0 Å². The van der Waals surface area contributed by atoms with Crippen LogP contribution in [0.15, 0.2) is 48.5 Å². The molecule has 0 bridgehead atoms. The molecule has 2 aromatic carbocycles. The maximum atomic E-state index is 12.6. The fourth-order valence-electron chi connectivity index (χ4n) is 3.56. The molecule has 2 amide bonds. The zero-order valence-electron chi connectivity index (χ0n) is 19.7. The van der Waals surface area contributed by atoms with Crippen LogP contribution >= 0.6 is 0 Å². The molecule has 0 saturated carbocycles. The second-order valence-corrected chi connectivity index (χ2v) is 9.48. The normalized spacial score (nSPS) is 16.9. The molecule has 1 fully saturated rings. The van der Waals surface area contributed by atoms with Crippen LogP contribution in [0.25, 0.3) is 0 Å². The van der Waals surface area contributed by atoms with Crippen molar-refractivity contribution in [1.29, 1.82) is 0 Å². The molecule has 7 nitrogen and oxygen atoms in total. The lowest BCUT2D eigenvalue weighted by Crippen LogP contribution is -2.43. The quantitative estimate of drug-likeness (QED) is 0.536. The van der Waals surface area contributed by atoms with Gasteiger partial charge < -0.3 is 4.74 Å². The number of aryl methyl sites for hydroxylation is 1. The zero-order valence-corrected chi connectivity index (χ0v) is 19.7. The first-order chi connectivity index (χ1) is 15.5. The number of hydrogen-bond donors (Lipinski definition) is 1. The van der Waals surface area contributed by atoms with Crippen LogP contribution in [0.1, 0.15) is 66.0 Å². The molecule has 1 heterocycles. The summed E-state index contributed by atoms with van der Waals surface area (Å²) in [6.07, 6.45) is -1.06. The Kier molecular flexibility index (Phi) is 7.01. The van der Waals surface area contributed by atoms with Crippen molar-refractivity contribution in [3.63, 3.8) is 0 Å². The first-order valence-corrected chi connectivity index (χ1v) is 11.0. The number of nitrogens with zero attached hydrogens (tertiary/aromatic N) is 1. The third-order valence-electron chi connectivity index (χ3n) is 5.71. The van der Waals surface area contributed by atoms with Crippen LogP contribution in [0.3, 0.4) is 0 Å². The summed E-state index contributed by atoms with van der Waals surface area (Å²) in [5.41, 5.74) is 5.51. The number of benzene rings is 2. The molecule has 7 heteroatoms. The third-order valence-corrected chi connectivity index (χ3v) is 5.71. The predicted octanol–water partition coefficient (Wildman–Crippen LogP) is 3.60. The number of ether oxygens (including phenoxy) is 1. The van der Waals surface area contributed by atoms with Crippen LogP contribution in [-0.4, -0.2) is 41.2 Å². The van der Waals surface area contributed by atoms with E-state index >= 15 is 0 Å². The molecule has 2 atom stereocenters. The number of hydrogen-bond acceptors (Lipinski definition) is 5. The van der Waals surface area contributed by atoms with Crippen LogP contribution in [-0.2, 0) is 19.7 Å². The number of carbonyl (C=O) groups excluding carboxylic acids is 4. The van der Waals surface area contributed by atoms with E-state index in [2.05, 4.69) is 26.2 Å². The van der Waals surface area contributed by atoms with E-state index < -0.39 is 23.9 Å². The van der Waals surface area contributed by atoms with Crippen LogP contribution in [0.2, 0.25) is 0 Å². The summed E-state index contributed by atoms with van der Waals surface area (Å²) in [5.74, 6) is -2.51. The van der Waals surface area contributed by atoms with Gasteiger partial charge in [-0.25, -0.2) is 0 Å². The average Bonchev–Trinajstić information content (AvgIpc) is 3.13. The van der Waals surface area contributed by atoms with Gasteiger partial charge in [0.25, 0.3) is 5.91 Å². The highest BCUT2D eigenvalue weighted by molar-refractivity contribution is 6.00. The fourth-order valence-corrected chi connectivity index (χ4v) is 3.56. The number of rotatable bonds is 6. The van der Waals surface area contributed by atoms with Gasteiger partial charge in [0.1, 0.15) is 0 Å². The van der Waals surface area contributed by atoms with Crippen LogP contribution in [0.4, 0.5) is 0 Å². The molecule has 3 rings (SSSR count). The van der Waals surface area contributed by atoms with Crippen LogP contribution in [0, 0.1) is 12.8 Å². The smallest absolute Gasteiger partial charge is 0.312 e. The Morgan fingerprint density at radius 3 is 2.15 bits per heavy atom. The first-order valence-electron chi connectivity index (χ1n) is 11.0. The number of carbonyl (C=O) groups is 4. The van der Waals surface area contributed by atoms with Crippen molar-refractivity contribution >= 4 is 23.6 Å². The molecule has 0 aliphatic carbocycles. The maximum Gasteiger partial charge on any atom is 0.312 e. The maximum absolute atomic E-state index is 12.6. The molecule has 0 radical (unpaired) electrons. The van der Waals surface area contributed by atoms with Gasteiger partial charge in [-0.3, -0.25) is 29.6 Å². The molecular weight excluding hydrogens is 420 g/mol. The molecule has 1 aliphatic heterocycles. The third kappa shape index (κ3) is 5.86. The minimum Gasteiger partial charge on any atom is -0.454 e. The summed E-state index contributed by atoms with van der Waals surface area (Å²) in [4.78, 5) is 50.0. The number of nitrogens with one attached hydrogen (secondary N) is 1. The van der Waals surface area contributed by atoms with Gasteiger partial charge in [0, 0.05) is 17.5 Å². The van der Waals surface area contributed by atoms with Gasteiger partial charge in [-0.05, 0) is 37.0 Å². The molecule has 1 N–H and O–H groups in total. The van der Waals surface area contributed by atoms with E-state index in [0.717, 1.165) is 16.1 Å². The summed E-state index contributed by atoms with van der Waals surface area (Å²) in [6.45, 7) is 9.67. The Hall–Kier alpha value is -3.48. The highest BCUT2D eigenvalue weighted by atomic mass is 16.5. The van der Waals surface area contributed by atoms with Gasteiger partial charge >= 0.3 is 5.97 Å². The summed E-state index contributed by atoms with van der Waals surface area (Å²) in [5, 5.41) is 1.14. The Bertz CT molecular complexity index is 1050. The van der Waals surface area contributed by atoms with Crippen molar-refractivity contribution in [2.75, 3.05) is 6.54 Å². The zero-order chi connectivity index (χ0) is 24.3. The van der Waals surface area contributed by atoms with E-state index in [4.69, 9.17) is 4.74 Å². The van der Waals surface area contributed by atoms with Crippen molar-refractivity contribution in [2.24, 2.45) is 5.92 Å². The van der Waals surface area contributed by atoms with Gasteiger partial charge in [0.05, 0.1) is 12.5 Å². The Morgan fingerprint density at radius 1 is 1.00 bits per heavy atom. The topological polar surface area (TPSA) is 92.8 Å². The van der Waals surface area contributed by atoms with Crippen molar-refractivity contribution < 1.29 is 23.9 Å². The van der Waals surface area contributed by atoms with Gasteiger partial charge in [0.2, 0.25) is 11.7 Å². The lowest BCUT2D eigenvalue weighted by Gasteiger charge is -2.20. The van der Waals surface area contributed by atoms with Crippen LogP contribution in [0.5, 0.6) is 0 Å². The molecule has 174 valence electrons. The van der Waals surface area contributed by atoms with Gasteiger partial charge in [0.15, 0.2) is 6.10 Å². The second-order valence-electron chi connectivity index (χ2n) is 9.48. The summed E-state index contributed by atoms with van der Waals surface area (Å²) >= 11 is 0. The molecule has 0 aromatic heterocycles. The van der Waals surface area contributed by atoms with E-state index in [-0.39, 0.29) is 30.1 Å². The SMILES string of the molecule is Cc1ccc(C(=O)[C@H](C)OC(=O)[C@H]2CC(=O)N(NC(=O)c3ccc(C(C)(C)C)cc3)C2)cc1.